The van der Waals surface area contributed by atoms with Gasteiger partial charge >= 0.3 is 6.61 Å². The molecule has 0 fully saturated rings. The molecule has 1 aliphatic heterocycles. The second-order valence-electron chi connectivity index (χ2n) is 8.11. The monoisotopic (exact) mass is 480 g/mol. The summed E-state index contributed by atoms with van der Waals surface area (Å²) in [5.41, 5.74) is 1.41. The average Bonchev–Trinajstić information content (AvgIpc) is 2.78. The van der Waals surface area contributed by atoms with Crippen molar-refractivity contribution in [2.75, 3.05) is 18.0 Å². The molecule has 180 valence electrons. The first-order chi connectivity index (χ1) is 15.8. The maximum Gasteiger partial charge on any atom is 0.387 e. The molecule has 0 bridgehead atoms. The summed E-state index contributed by atoms with van der Waals surface area (Å²) < 4.78 is 58.1. The largest absolute Gasteiger partial charge is 0.435 e. The minimum absolute atomic E-state index is 0.0716. The van der Waals surface area contributed by atoms with Crippen molar-refractivity contribution in [3.05, 3.63) is 54.1 Å². The highest BCUT2D eigenvalue weighted by Crippen LogP contribution is 2.28. The van der Waals surface area contributed by atoms with E-state index in [1.165, 1.54) is 29.4 Å². The van der Waals surface area contributed by atoms with E-state index in [-0.39, 0.29) is 29.6 Å². The van der Waals surface area contributed by atoms with E-state index >= 15 is 0 Å². The Morgan fingerprint density at radius 3 is 2.30 bits per heavy atom. The Bertz CT molecular complexity index is 1050. The van der Waals surface area contributed by atoms with Gasteiger partial charge < -0.3 is 9.64 Å². The number of amides is 1. The molecule has 0 spiro atoms. The molecule has 0 atom stereocenters. The molecule has 1 heterocycles. The van der Waals surface area contributed by atoms with E-state index in [0.717, 1.165) is 43.7 Å². The number of rotatable bonds is 4. The van der Waals surface area contributed by atoms with Crippen LogP contribution in [0.5, 0.6) is 5.75 Å². The zero-order valence-electron chi connectivity index (χ0n) is 18.8. The first kappa shape index (κ1) is 25.1. The van der Waals surface area contributed by atoms with Gasteiger partial charge in [-0.2, -0.15) is 13.1 Å². The minimum Gasteiger partial charge on any atom is -0.435 e. The Hall–Kier alpha value is -2.52. The van der Waals surface area contributed by atoms with Crippen molar-refractivity contribution in [1.29, 1.82) is 0 Å². The van der Waals surface area contributed by atoms with E-state index in [0.29, 0.717) is 18.7 Å². The molecule has 0 aromatic heterocycles. The molecule has 6 nitrogen and oxygen atoms in total. The van der Waals surface area contributed by atoms with Crippen molar-refractivity contribution >= 4 is 21.6 Å². The van der Waals surface area contributed by atoms with E-state index in [1.54, 1.807) is 4.90 Å². The molecule has 2 aromatic rings. The Balaban J connectivity index is 1.99. The van der Waals surface area contributed by atoms with Gasteiger partial charge in [0.05, 0.1) is 4.90 Å². The number of hydrogen-bond donors (Lipinski definition) is 0. The third kappa shape index (κ3) is 6.74. The summed E-state index contributed by atoms with van der Waals surface area (Å²) in [6.45, 7) is -0.596. The van der Waals surface area contributed by atoms with Crippen molar-refractivity contribution in [3.8, 4) is 5.75 Å². The summed E-state index contributed by atoms with van der Waals surface area (Å²) in [4.78, 5) is 14.0. The lowest BCUT2D eigenvalue weighted by molar-refractivity contribution is -0.116. The number of halogens is 2. The standard InChI is InChI=1S/C24H30F2N2O4S/c1-19(29)28-16-9-5-3-2-4-8-15-27(18-20-11-6-7-14-23(20)28)33(30,31)22-13-10-12-21(17-22)32-24(25)26/h6-7,10-14,17,24H,2-5,8-9,15-16,18H2,1H3. The van der Waals surface area contributed by atoms with Gasteiger partial charge in [-0.1, -0.05) is 49.9 Å². The number of benzene rings is 2. The number of ether oxygens (including phenoxy) is 1. The lowest BCUT2D eigenvalue weighted by Gasteiger charge is -2.27. The van der Waals surface area contributed by atoms with E-state index in [2.05, 4.69) is 4.74 Å². The summed E-state index contributed by atoms with van der Waals surface area (Å²) >= 11 is 0. The summed E-state index contributed by atoms with van der Waals surface area (Å²) in [7, 11) is -3.99. The summed E-state index contributed by atoms with van der Waals surface area (Å²) in [5.74, 6) is -0.302. The van der Waals surface area contributed by atoms with Crippen molar-refractivity contribution in [1.82, 2.24) is 4.31 Å². The van der Waals surface area contributed by atoms with Crippen LogP contribution in [-0.4, -0.2) is 38.3 Å². The number of nitrogens with zero attached hydrogens (tertiary/aromatic N) is 2. The predicted molar refractivity (Wildman–Crippen MR) is 123 cm³/mol. The normalized spacial score (nSPS) is 16.9. The van der Waals surface area contributed by atoms with E-state index in [9.17, 15) is 22.0 Å². The highest BCUT2D eigenvalue weighted by atomic mass is 32.2. The third-order valence-corrected chi connectivity index (χ3v) is 7.56. The number of carbonyl (C=O) groups excluding carboxylic acids is 1. The highest BCUT2D eigenvalue weighted by Gasteiger charge is 2.27. The third-order valence-electron chi connectivity index (χ3n) is 5.72. The highest BCUT2D eigenvalue weighted by molar-refractivity contribution is 7.89. The van der Waals surface area contributed by atoms with Crippen LogP contribution in [0.3, 0.4) is 0 Å². The molecule has 0 saturated carbocycles. The Morgan fingerprint density at radius 1 is 0.939 bits per heavy atom. The number of sulfonamides is 1. The van der Waals surface area contributed by atoms with Crippen LogP contribution in [-0.2, 0) is 21.4 Å². The van der Waals surface area contributed by atoms with E-state index in [1.807, 2.05) is 24.3 Å². The van der Waals surface area contributed by atoms with Gasteiger partial charge in [-0.05, 0) is 36.6 Å². The Kier molecular flexibility index (Phi) is 8.80. The van der Waals surface area contributed by atoms with Gasteiger partial charge in [0.15, 0.2) is 0 Å². The van der Waals surface area contributed by atoms with Gasteiger partial charge in [0.25, 0.3) is 0 Å². The van der Waals surface area contributed by atoms with E-state index < -0.39 is 16.6 Å². The Morgan fingerprint density at radius 2 is 1.61 bits per heavy atom. The van der Waals surface area contributed by atoms with E-state index in [4.69, 9.17) is 0 Å². The minimum atomic E-state index is -3.99. The first-order valence-electron chi connectivity index (χ1n) is 11.2. The van der Waals surface area contributed by atoms with Crippen LogP contribution in [0, 0.1) is 0 Å². The lowest BCUT2D eigenvalue weighted by atomic mass is 10.1. The molecule has 3 rings (SSSR count). The summed E-state index contributed by atoms with van der Waals surface area (Å²) in [6.07, 6.45) is 5.47. The summed E-state index contributed by atoms with van der Waals surface area (Å²) in [6, 6.07) is 12.5. The number of para-hydroxylation sites is 1. The Labute approximate surface area is 194 Å². The number of carbonyl (C=O) groups is 1. The van der Waals surface area contributed by atoms with Crippen LogP contribution in [0.2, 0.25) is 0 Å². The molecular formula is C24H30F2N2O4S. The fourth-order valence-corrected chi connectivity index (χ4v) is 5.55. The zero-order valence-corrected chi connectivity index (χ0v) is 19.6. The maximum absolute atomic E-state index is 13.5. The van der Waals surface area contributed by atoms with Crippen molar-refractivity contribution in [2.45, 2.75) is 63.5 Å². The number of anilines is 1. The van der Waals surface area contributed by atoms with Gasteiger partial charge in [-0.25, -0.2) is 8.42 Å². The molecule has 0 radical (unpaired) electrons. The van der Waals surface area contributed by atoms with Gasteiger partial charge in [0.2, 0.25) is 15.9 Å². The van der Waals surface area contributed by atoms with Crippen molar-refractivity contribution < 1.29 is 26.7 Å². The fraction of sp³-hybridized carbons (Fsp3) is 0.458. The molecule has 1 aliphatic rings. The van der Waals surface area contributed by atoms with Gasteiger partial charge in [-0.15, -0.1) is 0 Å². The van der Waals surface area contributed by atoms with Crippen molar-refractivity contribution in [3.63, 3.8) is 0 Å². The van der Waals surface area contributed by atoms with Crippen LogP contribution < -0.4 is 9.64 Å². The summed E-state index contributed by atoms with van der Waals surface area (Å²) in [5, 5.41) is 0. The number of hydrogen-bond acceptors (Lipinski definition) is 4. The second-order valence-corrected chi connectivity index (χ2v) is 10.1. The fourth-order valence-electron chi connectivity index (χ4n) is 4.05. The van der Waals surface area contributed by atoms with Crippen LogP contribution in [0.1, 0.15) is 51.0 Å². The zero-order chi connectivity index (χ0) is 23.8. The molecule has 0 aliphatic carbocycles. The predicted octanol–water partition coefficient (Wildman–Crippen LogP) is 5.19. The van der Waals surface area contributed by atoms with Crippen LogP contribution in [0.25, 0.3) is 0 Å². The second kappa shape index (κ2) is 11.6. The SMILES string of the molecule is CC(=O)N1CCCCCCCCN(S(=O)(=O)c2cccc(OC(F)F)c2)Cc2ccccc21. The quantitative estimate of drug-likeness (QED) is 0.604. The average molecular weight is 481 g/mol. The molecule has 0 N–H and O–H groups in total. The number of fused-ring (bicyclic) bond motifs is 1. The molecule has 9 heteroatoms. The van der Waals surface area contributed by atoms with Crippen molar-refractivity contribution in [2.24, 2.45) is 0 Å². The molecule has 2 aromatic carbocycles. The molecule has 0 saturated heterocycles. The lowest BCUT2D eigenvalue weighted by Crippen LogP contribution is -2.34. The van der Waals surface area contributed by atoms with Gasteiger partial charge in [0, 0.05) is 38.3 Å². The molecule has 33 heavy (non-hydrogen) atoms. The smallest absolute Gasteiger partial charge is 0.387 e. The van der Waals surface area contributed by atoms with Gasteiger partial charge in [-0.3, -0.25) is 4.79 Å². The molecule has 0 unspecified atom stereocenters. The molecule has 1 amide bonds. The van der Waals surface area contributed by atoms with Gasteiger partial charge in [0.1, 0.15) is 5.75 Å². The number of alkyl halides is 2. The van der Waals surface area contributed by atoms with Crippen LogP contribution >= 0.6 is 0 Å². The maximum atomic E-state index is 13.5. The van der Waals surface area contributed by atoms with Crippen LogP contribution in [0.15, 0.2) is 53.4 Å². The first-order valence-corrected chi connectivity index (χ1v) is 12.6. The topological polar surface area (TPSA) is 66.9 Å². The van der Waals surface area contributed by atoms with Crippen LogP contribution in [0.4, 0.5) is 14.5 Å². The molecular weight excluding hydrogens is 450 g/mol.